The second kappa shape index (κ2) is 5.51. The summed E-state index contributed by atoms with van der Waals surface area (Å²) >= 11 is 0. The number of ether oxygens (including phenoxy) is 1. The number of anilines is 1. The number of nitrogens with one attached hydrogen (secondary N) is 1. The summed E-state index contributed by atoms with van der Waals surface area (Å²) in [6, 6.07) is 1.85. The highest BCUT2D eigenvalue weighted by atomic mass is 16.5. The quantitative estimate of drug-likeness (QED) is 0.712. The number of hydrogen-bond donors (Lipinski definition) is 2. The van der Waals surface area contributed by atoms with E-state index >= 15 is 0 Å². The van der Waals surface area contributed by atoms with Crippen LogP contribution in [-0.4, -0.2) is 30.0 Å². The Kier molecular flexibility index (Phi) is 4.28. The van der Waals surface area contributed by atoms with Crippen molar-refractivity contribution < 1.29 is 4.74 Å². The van der Waals surface area contributed by atoms with Crippen LogP contribution in [0.25, 0.3) is 0 Å². The van der Waals surface area contributed by atoms with Gasteiger partial charge in [-0.3, -0.25) is 0 Å². The van der Waals surface area contributed by atoms with Gasteiger partial charge in [0.05, 0.1) is 12.3 Å². The van der Waals surface area contributed by atoms with Gasteiger partial charge in [-0.25, -0.2) is 0 Å². The van der Waals surface area contributed by atoms with Gasteiger partial charge in [0.2, 0.25) is 0 Å². The largest absolute Gasteiger partial charge is 0.380 e. The molecule has 3 N–H and O–H groups in total. The molecule has 1 rings (SSSR count). The number of rotatable bonds is 5. The van der Waals surface area contributed by atoms with Crippen molar-refractivity contribution in [1.82, 2.24) is 10.2 Å². The van der Waals surface area contributed by atoms with Gasteiger partial charge in [-0.1, -0.05) is 0 Å². The molecular weight excluding hydrogens is 180 g/mol. The maximum Gasteiger partial charge on any atom is 0.153 e. The average Bonchev–Trinajstić information content (AvgIpc) is 2.26. The first-order chi connectivity index (χ1) is 6.77. The van der Waals surface area contributed by atoms with Crippen molar-refractivity contribution >= 4 is 5.82 Å². The molecule has 0 aliphatic heterocycles. The Morgan fingerprint density at radius 1 is 1.64 bits per heavy atom. The first-order valence-corrected chi connectivity index (χ1v) is 4.55. The molecule has 1 aromatic rings. The summed E-state index contributed by atoms with van der Waals surface area (Å²) in [5.41, 5.74) is 6.51. The minimum Gasteiger partial charge on any atom is -0.380 e. The Labute approximate surface area is 83.7 Å². The summed E-state index contributed by atoms with van der Waals surface area (Å²) < 4.78 is 5.10. The Morgan fingerprint density at radius 2 is 2.43 bits per heavy atom. The van der Waals surface area contributed by atoms with E-state index in [-0.39, 0.29) is 6.10 Å². The Hall–Kier alpha value is -1.20. The standard InChI is InChI=1S/C9H16N4O/c1-7(14-2)6-11-9-8(5-10)3-4-12-13-9/h3-4,7H,5-6,10H2,1-2H3,(H,11,13). The summed E-state index contributed by atoms with van der Waals surface area (Å²) in [4.78, 5) is 0. The number of nitrogens with zero attached hydrogens (tertiary/aromatic N) is 2. The Balaban J connectivity index is 2.57. The number of methoxy groups -OCH3 is 1. The van der Waals surface area contributed by atoms with Crippen LogP contribution >= 0.6 is 0 Å². The zero-order chi connectivity index (χ0) is 10.4. The van der Waals surface area contributed by atoms with Crippen molar-refractivity contribution in [1.29, 1.82) is 0 Å². The lowest BCUT2D eigenvalue weighted by Crippen LogP contribution is -2.20. The van der Waals surface area contributed by atoms with Gasteiger partial charge >= 0.3 is 0 Å². The molecule has 14 heavy (non-hydrogen) atoms. The van der Waals surface area contributed by atoms with E-state index < -0.39 is 0 Å². The van der Waals surface area contributed by atoms with Crippen LogP contribution in [-0.2, 0) is 11.3 Å². The lowest BCUT2D eigenvalue weighted by atomic mass is 10.3. The fourth-order valence-corrected chi connectivity index (χ4v) is 0.995. The molecule has 0 aliphatic carbocycles. The maximum atomic E-state index is 5.55. The number of hydrogen-bond acceptors (Lipinski definition) is 5. The minimum atomic E-state index is 0.141. The normalized spacial score (nSPS) is 12.5. The van der Waals surface area contributed by atoms with E-state index in [1.807, 2.05) is 13.0 Å². The summed E-state index contributed by atoms with van der Waals surface area (Å²) in [6.45, 7) is 3.13. The molecule has 0 bridgehead atoms. The molecule has 1 aromatic heterocycles. The van der Waals surface area contributed by atoms with Crippen LogP contribution in [0, 0.1) is 0 Å². The molecule has 0 spiro atoms. The molecule has 0 radical (unpaired) electrons. The highest BCUT2D eigenvalue weighted by molar-refractivity contribution is 5.42. The molecule has 1 heterocycles. The predicted molar refractivity (Wildman–Crippen MR) is 54.9 cm³/mol. The topological polar surface area (TPSA) is 73.1 Å². The molecule has 0 fully saturated rings. The van der Waals surface area contributed by atoms with Crippen molar-refractivity contribution in [2.45, 2.75) is 19.6 Å². The van der Waals surface area contributed by atoms with E-state index in [0.717, 1.165) is 11.4 Å². The van der Waals surface area contributed by atoms with Crippen LogP contribution in [0.2, 0.25) is 0 Å². The van der Waals surface area contributed by atoms with Gasteiger partial charge in [-0.05, 0) is 13.0 Å². The molecule has 78 valence electrons. The lowest BCUT2D eigenvalue weighted by molar-refractivity contribution is 0.128. The van der Waals surface area contributed by atoms with Crippen LogP contribution in [0.3, 0.4) is 0 Å². The maximum absolute atomic E-state index is 5.55. The van der Waals surface area contributed by atoms with E-state index in [2.05, 4.69) is 15.5 Å². The summed E-state index contributed by atoms with van der Waals surface area (Å²) in [6.07, 6.45) is 1.77. The van der Waals surface area contributed by atoms with E-state index in [1.54, 1.807) is 13.3 Å². The average molecular weight is 196 g/mol. The second-order valence-electron chi connectivity index (χ2n) is 3.04. The smallest absolute Gasteiger partial charge is 0.153 e. The number of nitrogens with two attached hydrogens (primary N) is 1. The third-order valence-corrected chi connectivity index (χ3v) is 1.98. The molecule has 0 amide bonds. The Bertz CT molecular complexity index is 279. The van der Waals surface area contributed by atoms with E-state index in [0.29, 0.717) is 13.1 Å². The van der Waals surface area contributed by atoms with Crippen molar-refractivity contribution in [3.8, 4) is 0 Å². The summed E-state index contributed by atoms with van der Waals surface area (Å²) in [5, 5.41) is 10.9. The van der Waals surface area contributed by atoms with Gasteiger partial charge in [0.1, 0.15) is 0 Å². The van der Waals surface area contributed by atoms with Gasteiger partial charge in [-0.2, -0.15) is 5.10 Å². The van der Waals surface area contributed by atoms with Crippen LogP contribution in [0.1, 0.15) is 12.5 Å². The lowest BCUT2D eigenvalue weighted by Gasteiger charge is -2.12. The van der Waals surface area contributed by atoms with Crippen LogP contribution in [0.4, 0.5) is 5.82 Å². The first-order valence-electron chi connectivity index (χ1n) is 4.55. The third-order valence-electron chi connectivity index (χ3n) is 1.98. The van der Waals surface area contributed by atoms with Crippen molar-refractivity contribution in [3.63, 3.8) is 0 Å². The van der Waals surface area contributed by atoms with Crippen molar-refractivity contribution in [2.75, 3.05) is 19.0 Å². The molecule has 1 atom stereocenters. The monoisotopic (exact) mass is 196 g/mol. The first kappa shape index (κ1) is 10.9. The number of aromatic nitrogens is 2. The van der Waals surface area contributed by atoms with E-state index in [9.17, 15) is 0 Å². The van der Waals surface area contributed by atoms with E-state index in [4.69, 9.17) is 10.5 Å². The highest BCUT2D eigenvalue weighted by Crippen LogP contribution is 2.08. The fraction of sp³-hybridized carbons (Fsp3) is 0.556. The van der Waals surface area contributed by atoms with E-state index in [1.165, 1.54) is 0 Å². The van der Waals surface area contributed by atoms with Crippen molar-refractivity contribution in [2.24, 2.45) is 5.73 Å². The molecule has 5 heteroatoms. The van der Waals surface area contributed by atoms with Gasteiger partial charge in [0.25, 0.3) is 0 Å². The molecule has 0 aromatic carbocycles. The van der Waals surface area contributed by atoms with Crippen LogP contribution in [0.5, 0.6) is 0 Å². The fourth-order valence-electron chi connectivity index (χ4n) is 0.995. The second-order valence-corrected chi connectivity index (χ2v) is 3.04. The zero-order valence-electron chi connectivity index (χ0n) is 8.53. The van der Waals surface area contributed by atoms with Crippen LogP contribution in [0.15, 0.2) is 12.3 Å². The van der Waals surface area contributed by atoms with Gasteiger partial charge in [0.15, 0.2) is 5.82 Å². The highest BCUT2D eigenvalue weighted by Gasteiger charge is 2.04. The van der Waals surface area contributed by atoms with Gasteiger partial charge in [0, 0.05) is 25.8 Å². The molecule has 0 saturated carbocycles. The van der Waals surface area contributed by atoms with Gasteiger partial charge in [-0.15, -0.1) is 5.10 Å². The van der Waals surface area contributed by atoms with Crippen LogP contribution < -0.4 is 11.1 Å². The third kappa shape index (κ3) is 2.93. The Morgan fingerprint density at radius 3 is 3.07 bits per heavy atom. The predicted octanol–water partition coefficient (Wildman–Crippen LogP) is 0.382. The summed E-state index contributed by atoms with van der Waals surface area (Å²) in [7, 11) is 1.67. The van der Waals surface area contributed by atoms with Gasteiger partial charge < -0.3 is 15.8 Å². The molecule has 1 unspecified atom stereocenters. The minimum absolute atomic E-state index is 0.141. The SMILES string of the molecule is COC(C)CNc1nnccc1CN. The molecule has 0 aliphatic rings. The molecular formula is C9H16N4O. The molecule has 5 nitrogen and oxygen atoms in total. The molecule has 0 saturated heterocycles. The van der Waals surface area contributed by atoms with Crippen molar-refractivity contribution in [3.05, 3.63) is 17.8 Å². The zero-order valence-corrected chi connectivity index (χ0v) is 8.53. The summed E-state index contributed by atoms with van der Waals surface area (Å²) in [5.74, 6) is 0.735.